The van der Waals surface area contributed by atoms with E-state index in [9.17, 15) is 4.79 Å². The number of likely N-dealkylation sites (tertiary alicyclic amines) is 1. The lowest BCUT2D eigenvalue weighted by molar-refractivity contribution is 0.0793. The van der Waals surface area contributed by atoms with Gasteiger partial charge in [-0.25, -0.2) is 4.98 Å². The number of rotatable bonds is 3. The Kier molecular flexibility index (Phi) is 4.17. The zero-order valence-corrected chi connectivity index (χ0v) is 15.5. The molecule has 0 spiro atoms. The van der Waals surface area contributed by atoms with Gasteiger partial charge in [-0.3, -0.25) is 4.79 Å². The van der Waals surface area contributed by atoms with Gasteiger partial charge >= 0.3 is 0 Å². The molecule has 0 radical (unpaired) electrons. The van der Waals surface area contributed by atoms with Crippen LogP contribution in [-0.2, 0) is 0 Å². The van der Waals surface area contributed by atoms with Gasteiger partial charge in [0.1, 0.15) is 5.52 Å². The molecule has 4 nitrogen and oxygen atoms in total. The summed E-state index contributed by atoms with van der Waals surface area (Å²) in [4.78, 5) is 19.1. The van der Waals surface area contributed by atoms with Crippen LogP contribution < -0.4 is 0 Å². The van der Waals surface area contributed by atoms with Gasteiger partial charge in [-0.1, -0.05) is 42.5 Å². The Labute approximate surface area is 163 Å². The fraction of sp³-hybridized carbons (Fsp3) is 0.167. The molecule has 2 heterocycles. The number of benzene rings is 3. The van der Waals surface area contributed by atoms with Crippen LogP contribution >= 0.6 is 0 Å². The number of hydrogen-bond acceptors (Lipinski definition) is 3. The first-order valence-electron chi connectivity index (χ1n) is 9.64. The van der Waals surface area contributed by atoms with Crippen molar-refractivity contribution in [2.75, 3.05) is 13.1 Å². The summed E-state index contributed by atoms with van der Waals surface area (Å²) in [6.07, 6.45) is 2.17. The second kappa shape index (κ2) is 6.97. The molecule has 138 valence electrons. The Balaban J connectivity index is 1.44. The largest absolute Gasteiger partial charge is 0.436 e. The maximum atomic E-state index is 12.6. The molecule has 0 unspecified atom stereocenters. The number of amides is 1. The highest BCUT2D eigenvalue weighted by atomic mass is 16.3. The molecule has 4 aromatic rings. The second-order valence-corrected chi connectivity index (χ2v) is 7.14. The van der Waals surface area contributed by atoms with E-state index in [1.54, 1.807) is 0 Å². The van der Waals surface area contributed by atoms with Gasteiger partial charge in [0.05, 0.1) is 0 Å². The summed E-state index contributed by atoms with van der Waals surface area (Å²) >= 11 is 0. The van der Waals surface area contributed by atoms with Crippen LogP contribution in [0.1, 0.15) is 23.2 Å². The summed E-state index contributed by atoms with van der Waals surface area (Å²) in [7, 11) is 0. The van der Waals surface area contributed by atoms with Crippen LogP contribution in [0.2, 0.25) is 0 Å². The topological polar surface area (TPSA) is 46.3 Å². The summed E-state index contributed by atoms with van der Waals surface area (Å²) in [6, 6.07) is 24.0. The molecular formula is C24H20N2O2. The molecule has 4 heteroatoms. The van der Waals surface area contributed by atoms with E-state index in [0.29, 0.717) is 17.0 Å². The van der Waals surface area contributed by atoms with E-state index in [0.717, 1.165) is 42.6 Å². The van der Waals surface area contributed by atoms with E-state index in [4.69, 9.17) is 4.42 Å². The molecule has 1 aliphatic heterocycles. The van der Waals surface area contributed by atoms with Gasteiger partial charge in [-0.15, -0.1) is 0 Å². The lowest BCUT2D eigenvalue weighted by Gasteiger charge is -2.14. The number of fused-ring (bicyclic) bond motifs is 1. The van der Waals surface area contributed by atoms with Crippen LogP contribution in [0.4, 0.5) is 0 Å². The van der Waals surface area contributed by atoms with E-state index in [-0.39, 0.29) is 5.91 Å². The van der Waals surface area contributed by atoms with Crippen molar-refractivity contribution < 1.29 is 9.21 Å². The molecule has 1 fully saturated rings. The number of aromatic nitrogens is 1. The van der Waals surface area contributed by atoms with E-state index >= 15 is 0 Å². The normalized spacial score (nSPS) is 13.9. The zero-order valence-electron chi connectivity index (χ0n) is 15.5. The molecule has 28 heavy (non-hydrogen) atoms. The Morgan fingerprint density at radius 1 is 0.821 bits per heavy atom. The fourth-order valence-corrected chi connectivity index (χ4v) is 3.72. The molecule has 0 N–H and O–H groups in total. The first-order valence-corrected chi connectivity index (χ1v) is 9.64. The van der Waals surface area contributed by atoms with Gasteiger partial charge < -0.3 is 9.32 Å². The Morgan fingerprint density at radius 3 is 2.25 bits per heavy atom. The van der Waals surface area contributed by atoms with Crippen LogP contribution in [-0.4, -0.2) is 28.9 Å². The van der Waals surface area contributed by atoms with Crippen LogP contribution in [0.15, 0.2) is 77.2 Å². The molecule has 5 rings (SSSR count). The summed E-state index contributed by atoms with van der Waals surface area (Å²) < 4.78 is 5.97. The average Bonchev–Trinajstić information content (AvgIpc) is 3.43. The van der Waals surface area contributed by atoms with Crippen molar-refractivity contribution in [2.45, 2.75) is 12.8 Å². The predicted molar refractivity (Wildman–Crippen MR) is 110 cm³/mol. The lowest BCUT2D eigenvalue weighted by atomic mass is 10.0. The fourth-order valence-electron chi connectivity index (χ4n) is 3.72. The monoisotopic (exact) mass is 368 g/mol. The summed E-state index contributed by atoms with van der Waals surface area (Å²) in [5, 5.41) is 0. The molecule has 1 amide bonds. The van der Waals surface area contributed by atoms with Gasteiger partial charge in [0.15, 0.2) is 5.58 Å². The summed E-state index contributed by atoms with van der Waals surface area (Å²) in [6.45, 7) is 1.68. The number of oxazole rings is 1. The van der Waals surface area contributed by atoms with Crippen molar-refractivity contribution in [3.05, 3.63) is 78.4 Å². The van der Waals surface area contributed by atoms with Crippen molar-refractivity contribution in [2.24, 2.45) is 0 Å². The molecule has 1 saturated heterocycles. The smallest absolute Gasteiger partial charge is 0.253 e. The molecule has 0 bridgehead atoms. The summed E-state index contributed by atoms with van der Waals surface area (Å²) in [5.74, 6) is 0.643. The van der Waals surface area contributed by atoms with Crippen LogP contribution in [0.25, 0.3) is 33.7 Å². The van der Waals surface area contributed by atoms with E-state index in [1.165, 1.54) is 5.56 Å². The van der Waals surface area contributed by atoms with Gasteiger partial charge in [0, 0.05) is 24.2 Å². The van der Waals surface area contributed by atoms with Crippen molar-refractivity contribution in [3.8, 4) is 22.6 Å². The third kappa shape index (κ3) is 3.07. The van der Waals surface area contributed by atoms with E-state index in [2.05, 4.69) is 29.2 Å². The maximum Gasteiger partial charge on any atom is 0.253 e. The van der Waals surface area contributed by atoms with Crippen molar-refractivity contribution in [1.82, 2.24) is 9.88 Å². The molecular weight excluding hydrogens is 348 g/mol. The van der Waals surface area contributed by atoms with Crippen molar-refractivity contribution in [1.29, 1.82) is 0 Å². The second-order valence-electron chi connectivity index (χ2n) is 7.14. The van der Waals surface area contributed by atoms with Crippen molar-refractivity contribution in [3.63, 3.8) is 0 Å². The minimum atomic E-state index is 0.0737. The van der Waals surface area contributed by atoms with Gasteiger partial charge in [0.25, 0.3) is 5.91 Å². The van der Waals surface area contributed by atoms with Gasteiger partial charge in [-0.2, -0.15) is 0 Å². The third-order valence-corrected chi connectivity index (χ3v) is 5.27. The highest BCUT2D eigenvalue weighted by molar-refractivity contribution is 5.97. The quantitative estimate of drug-likeness (QED) is 0.486. The molecule has 0 atom stereocenters. The van der Waals surface area contributed by atoms with Gasteiger partial charge in [0.2, 0.25) is 5.89 Å². The Bertz CT molecular complexity index is 1120. The average molecular weight is 368 g/mol. The molecule has 1 aromatic heterocycles. The molecule has 1 aliphatic rings. The van der Waals surface area contributed by atoms with E-state index in [1.807, 2.05) is 53.4 Å². The van der Waals surface area contributed by atoms with E-state index < -0.39 is 0 Å². The Hall–Kier alpha value is -3.40. The number of nitrogens with zero attached hydrogens (tertiary/aromatic N) is 2. The lowest BCUT2D eigenvalue weighted by Crippen LogP contribution is -2.27. The molecule has 3 aromatic carbocycles. The standard InChI is InChI=1S/C24H20N2O2/c27-24(26-14-4-5-15-26)20-12-13-21-22(16-20)28-23(25-21)19-10-8-18(9-11-19)17-6-2-1-3-7-17/h1-3,6-13,16H,4-5,14-15H2. The van der Waals surface area contributed by atoms with Crippen LogP contribution in [0, 0.1) is 0 Å². The number of carbonyl (C=O) groups excluding carboxylic acids is 1. The van der Waals surface area contributed by atoms with Crippen molar-refractivity contribution >= 4 is 17.0 Å². The molecule has 0 saturated carbocycles. The highest BCUT2D eigenvalue weighted by Gasteiger charge is 2.20. The third-order valence-electron chi connectivity index (χ3n) is 5.27. The number of carbonyl (C=O) groups is 1. The Morgan fingerprint density at radius 2 is 1.50 bits per heavy atom. The maximum absolute atomic E-state index is 12.6. The van der Waals surface area contributed by atoms with Crippen LogP contribution in [0.5, 0.6) is 0 Å². The first kappa shape index (κ1) is 16.8. The zero-order chi connectivity index (χ0) is 18.9. The first-order chi connectivity index (χ1) is 13.8. The van der Waals surface area contributed by atoms with Crippen LogP contribution in [0.3, 0.4) is 0 Å². The molecule has 0 aliphatic carbocycles. The minimum Gasteiger partial charge on any atom is -0.436 e. The predicted octanol–water partition coefficient (Wildman–Crippen LogP) is 5.40. The number of hydrogen-bond donors (Lipinski definition) is 0. The minimum absolute atomic E-state index is 0.0737. The summed E-state index contributed by atoms with van der Waals surface area (Å²) in [5.41, 5.74) is 5.32. The highest BCUT2D eigenvalue weighted by Crippen LogP contribution is 2.28. The van der Waals surface area contributed by atoms with Gasteiger partial charge in [-0.05, 0) is 54.3 Å². The SMILES string of the molecule is O=C(c1ccc2nc(-c3ccc(-c4ccccc4)cc3)oc2c1)N1CCCC1.